The van der Waals surface area contributed by atoms with Gasteiger partial charge in [0.05, 0.1) is 28.1 Å². The lowest BCUT2D eigenvalue weighted by Gasteiger charge is -2.15. The van der Waals surface area contributed by atoms with E-state index in [2.05, 4.69) is 15.6 Å². The van der Waals surface area contributed by atoms with Gasteiger partial charge in [0.2, 0.25) is 5.91 Å². The van der Waals surface area contributed by atoms with Crippen LogP contribution in [-0.4, -0.2) is 40.1 Å². The van der Waals surface area contributed by atoms with E-state index in [1.807, 2.05) is 0 Å². The monoisotopic (exact) mass is 414 g/mol. The maximum Gasteiger partial charge on any atom is 0.261 e. The molecule has 1 aromatic heterocycles. The number of benzene rings is 2. The molecule has 2 N–H and O–H groups in total. The second kappa shape index (κ2) is 8.58. The zero-order valence-corrected chi connectivity index (χ0v) is 16.4. The van der Waals surface area contributed by atoms with Gasteiger partial charge in [-0.2, -0.15) is 0 Å². The van der Waals surface area contributed by atoms with Crippen LogP contribution in [0.25, 0.3) is 0 Å². The van der Waals surface area contributed by atoms with Gasteiger partial charge in [0.25, 0.3) is 17.7 Å². The molecule has 0 atom stereocenters. The van der Waals surface area contributed by atoms with E-state index >= 15 is 0 Å². The number of para-hydroxylation sites is 2. The first-order valence-corrected chi connectivity index (χ1v) is 9.60. The predicted molar refractivity (Wildman–Crippen MR) is 114 cm³/mol. The van der Waals surface area contributed by atoms with Crippen molar-refractivity contribution in [3.63, 3.8) is 0 Å². The molecule has 0 fully saturated rings. The van der Waals surface area contributed by atoms with Crippen LogP contribution in [0, 0.1) is 0 Å². The van der Waals surface area contributed by atoms with Gasteiger partial charge in [-0.25, -0.2) is 0 Å². The molecule has 154 valence electrons. The molecule has 0 spiro atoms. The average molecular weight is 414 g/mol. The number of carbonyl (C=O) groups is 4. The fraction of sp³-hybridized carbons (Fsp3) is 0.0870. The van der Waals surface area contributed by atoms with E-state index in [1.54, 1.807) is 66.9 Å². The molecular weight excluding hydrogens is 396 g/mol. The summed E-state index contributed by atoms with van der Waals surface area (Å²) in [4.78, 5) is 54.7. The molecule has 2 aromatic carbocycles. The number of hydrogen-bond acceptors (Lipinski definition) is 5. The molecule has 8 heteroatoms. The quantitative estimate of drug-likeness (QED) is 0.603. The van der Waals surface area contributed by atoms with Crippen molar-refractivity contribution in [1.29, 1.82) is 0 Å². The number of nitrogens with one attached hydrogen (secondary N) is 2. The Morgan fingerprint density at radius 2 is 1.42 bits per heavy atom. The lowest BCUT2D eigenvalue weighted by atomic mass is 10.1. The Labute approximate surface area is 177 Å². The fourth-order valence-electron chi connectivity index (χ4n) is 3.26. The number of hydrogen-bond donors (Lipinski definition) is 2. The second-order valence-electron chi connectivity index (χ2n) is 6.85. The minimum atomic E-state index is -0.405. The second-order valence-corrected chi connectivity index (χ2v) is 6.85. The van der Waals surface area contributed by atoms with Crippen LogP contribution in [0.15, 0.2) is 73.1 Å². The number of amides is 4. The average Bonchev–Trinajstić information content (AvgIpc) is 3.04. The van der Waals surface area contributed by atoms with Crippen LogP contribution in [-0.2, 0) is 4.79 Å². The van der Waals surface area contributed by atoms with Crippen LogP contribution >= 0.6 is 0 Å². The highest BCUT2D eigenvalue weighted by molar-refractivity contribution is 6.21. The molecule has 0 radical (unpaired) electrons. The van der Waals surface area contributed by atoms with Gasteiger partial charge in [0.1, 0.15) is 0 Å². The number of aromatic nitrogens is 1. The van der Waals surface area contributed by atoms with E-state index in [4.69, 9.17) is 0 Å². The summed E-state index contributed by atoms with van der Waals surface area (Å²) in [6.07, 6.45) is 2.94. The molecule has 8 nitrogen and oxygen atoms in total. The smallest absolute Gasteiger partial charge is 0.261 e. The Balaban J connectivity index is 1.39. The summed E-state index contributed by atoms with van der Waals surface area (Å²) in [6, 6.07) is 16.6. The third-order valence-corrected chi connectivity index (χ3v) is 4.81. The number of anilines is 2. The molecule has 0 saturated carbocycles. The van der Waals surface area contributed by atoms with Crippen LogP contribution in [0.2, 0.25) is 0 Å². The number of fused-ring (bicyclic) bond motifs is 1. The van der Waals surface area contributed by atoms with Crippen molar-refractivity contribution < 1.29 is 19.2 Å². The van der Waals surface area contributed by atoms with E-state index in [0.717, 1.165) is 4.90 Å². The molecule has 0 aliphatic carbocycles. The lowest BCUT2D eigenvalue weighted by Crippen LogP contribution is -2.33. The number of carbonyl (C=O) groups excluding carboxylic acids is 4. The van der Waals surface area contributed by atoms with Crippen molar-refractivity contribution in [3.8, 4) is 0 Å². The number of nitrogens with zero attached hydrogens (tertiary/aromatic N) is 2. The number of pyridine rings is 1. The van der Waals surface area contributed by atoms with Crippen molar-refractivity contribution in [2.75, 3.05) is 17.2 Å². The summed E-state index contributed by atoms with van der Waals surface area (Å²) >= 11 is 0. The molecule has 3 aromatic rings. The zero-order chi connectivity index (χ0) is 21.8. The summed E-state index contributed by atoms with van der Waals surface area (Å²) in [5, 5.41) is 5.47. The van der Waals surface area contributed by atoms with Crippen LogP contribution in [0.4, 0.5) is 11.4 Å². The Hall–Kier alpha value is -4.33. The van der Waals surface area contributed by atoms with Gasteiger partial charge in [0, 0.05) is 25.4 Å². The summed E-state index contributed by atoms with van der Waals surface area (Å²) in [5.41, 5.74) is 1.90. The number of imide groups is 1. The van der Waals surface area contributed by atoms with E-state index in [-0.39, 0.29) is 24.8 Å². The third-order valence-electron chi connectivity index (χ3n) is 4.81. The minimum Gasteiger partial charge on any atom is -0.324 e. The van der Waals surface area contributed by atoms with Gasteiger partial charge in [0.15, 0.2) is 0 Å². The normalized spacial score (nSPS) is 12.5. The molecule has 2 heterocycles. The largest absolute Gasteiger partial charge is 0.324 e. The fourth-order valence-corrected chi connectivity index (χ4v) is 3.26. The van der Waals surface area contributed by atoms with Gasteiger partial charge in [-0.15, -0.1) is 0 Å². The summed E-state index contributed by atoms with van der Waals surface area (Å²) < 4.78 is 0. The number of rotatable bonds is 6. The molecule has 1 aliphatic rings. The van der Waals surface area contributed by atoms with Crippen molar-refractivity contribution in [1.82, 2.24) is 9.88 Å². The summed E-state index contributed by atoms with van der Waals surface area (Å²) in [5.74, 6) is -1.56. The first kappa shape index (κ1) is 20.0. The predicted octanol–water partition coefficient (Wildman–Crippen LogP) is 2.96. The Kier molecular flexibility index (Phi) is 5.53. The molecule has 31 heavy (non-hydrogen) atoms. The molecule has 0 bridgehead atoms. The van der Waals surface area contributed by atoms with Gasteiger partial charge in [-0.05, 0) is 36.4 Å². The molecule has 0 unspecified atom stereocenters. The van der Waals surface area contributed by atoms with Gasteiger partial charge >= 0.3 is 0 Å². The Bertz CT molecular complexity index is 1140. The lowest BCUT2D eigenvalue weighted by molar-refractivity contribution is -0.116. The SMILES string of the molecule is O=C(CCN1C(=O)c2ccccc2C1=O)Nc1ccccc1NC(=O)c1cccnc1. The van der Waals surface area contributed by atoms with Crippen molar-refractivity contribution in [2.24, 2.45) is 0 Å². The summed E-state index contributed by atoms with van der Waals surface area (Å²) in [7, 11) is 0. The van der Waals surface area contributed by atoms with Crippen LogP contribution in [0.5, 0.6) is 0 Å². The molecule has 0 saturated heterocycles. The zero-order valence-electron chi connectivity index (χ0n) is 16.4. The maximum absolute atomic E-state index is 12.5. The van der Waals surface area contributed by atoms with Crippen molar-refractivity contribution in [2.45, 2.75) is 6.42 Å². The van der Waals surface area contributed by atoms with Crippen LogP contribution in [0.1, 0.15) is 37.5 Å². The first-order chi connectivity index (χ1) is 15.0. The standard InChI is InChI=1S/C23H18N4O4/c28-20(11-13-27-22(30)16-7-1-2-8-17(16)23(27)31)25-18-9-3-4-10-19(18)26-21(29)15-6-5-12-24-14-15/h1-10,12,14H,11,13H2,(H,25,28)(H,26,29). The Morgan fingerprint density at radius 1 is 0.806 bits per heavy atom. The van der Waals surface area contributed by atoms with E-state index in [0.29, 0.717) is 28.1 Å². The highest BCUT2D eigenvalue weighted by Gasteiger charge is 2.34. The molecule has 4 rings (SSSR count). The topological polar surface area (TPSA) is 108 Å². The van der Waals surface area contributed by atoms with Gasteiger partial charge < -0.3 is 10.6 Å². The van der Waals surface area contributed by atoms with E-state index < -0.39 is 11.8 Å². The Morgan fingerprint density at radius 3 is 2.03 bits per heavy atom. The third kappa shape index (κ3) is 4.18. The minimum absolute atomic E-state index is 0.0393. The first-order valence-electron chi connectivity index (χ1n) is 9.60. The van der Waals surface area contributed by atoms with Crippen molar-refractivity contribution >= 4 is 35.0 Å². The molecule has 1 aliphatic heterocycles. The van der Waals surface area contributed by atoms with Gasteiger partial charge in [-0.1, -0.05) is 24.3 Å². The molecule has 4 amide bonds. The van der Waals surface area contributed by atoms with E-state index in [9.17, 15) is 19.2 Å². The van der Waals surface area contributed by atoms with E-state index in [1.165, 1.54) is 6.20 Å². The van der Waals surface area contributed by atoms with Crippen LogP contribution < -0.4 is 10.6 Å². The van der Waals surface area contributed by atoms with Gasteiger partial charge in [-0.3, -0.25) is 29.1 Å². The summed E-state index contributed by atoms with van der Waals surface area (Å²) in [6.45, 7) is -0.0393. The maximum atomic E-state index is 12.5. The highest BCUT2D eigenvalue weighted by Crippen LogP contribution is 2.24. The van der Waals surface area contributed by atoms with Crippen molar-refractivity contribution in [3.05, 3.63) is 89.7 Å². The highest BCUT2D eigenvalue weighted by atomic mass is 16.2. The molecular formula is C23H18N4O4. The van der Waals surface area contributed by atoms with Crippen LogP contribution in [0.3, 0.4) is 0 Å².